The zero-order valence-electron chi connectivity index (χ0n) is 14.0. The number of nitrogens with zero attached hydrogens (tertiary/aromatic N) is 3. The first-order chi connectivity index (χ1) is 12.0. The summed E-state index contributed by atoms with van der Waals surface area (Å²) < 4.78 is 32.2. The summed E-state index contributed by atoms with van der Waals surface area (Å²) in [5, 5.41) is 10.4. The van der Waals surface area contributed by atoms with Crippen molar-refractivity contribution in [1.29, 1.82) is 0 Å². The Kier molecular flexibility index (Phi) is 7.17. The molecule has 0 aliphatic carbocycles. The van der Waals surface area contributed by atoms with Gasteiger partial charge in [0.2, 0.25) is 0 Å². The second kappa shape index (κ2) is 9.36. The molecule has 2 aromatic rings. The molecule has 25 heavy (non-hydrogen) atoms. The molecular formula is C16H20BrF2N5O. The molecule has 136 valence electrons. The molecule has 0 amide bonds. The van der Waals surface area contributed by atoms with E-state index in [2.05, 4.69) is 41.4 Å². The van der Waals surface area contributed by atoms with Crippen LogP contribution in [0.4, 0.5) is 8.78 Å². The number of benzene rings is 1. The number of hydrogen-bond donors (Lipinski definition) is 2. The number of aromatic nitrogens is 2. The number of hydrogen-bond acceptors (Lipinski definition) is 3. The van der Waals surface area contributed by atoms with Gasteiger partial charge in [0.05, 0.1) is 18.8 Å². The molecule has 0 saturated heterocycles. The maximum atomic E-state index is 12.5. The van der Waals surface area contributed by atoms with Gasteiger partial charge in [0.15, 0.2) is 5.96 Å². The van der Waals surface area contributed by atoms with E-state index in [-0.39, 0.29) is 12.3 Å². The zero-order valence-corrected chi connectivity index (χ0v) is 15.6. The van der Waals surface area contributed by atoms with Crippen LogP contribution in [0.3, 0.4) is 0 Å². The van der Waals surface area contributed by atoms with Crippen molar-refractivity contribution in [3.8, 4) is 5.75 Å². The topological polar surface area (TPSA) is 63.5 Å². The van der Waals surface area contributed by atoms with E-state index < -0.39 is 6.61 Å². The number of guanidine groups is 1. The molecule has 1 aromatic heterocycles. The number of rotatable bonds is 7. The molecule has 0 saturated carbocycles. The van der Waals surface area contributed by atoms with Gasteiger partial charge < -0.3 is 15.4 Å². The highest BCUT2D eigenvalue weighted by Crippen LogP contribution is 2.25. The fraction of sp³-hybridized carbons (Fsp3) is 0.375. The molecule has 0 atom stereocenters. The van der Waals surface area contributed by atoms with Crippen molar-refractivity contribution in [2.45, 2.75) is 26.6 Å². The standard InChI is InChI=1S/C16H20BrF2N5O/c1-3-20-16(22-10-13-6-7-23-24(13)2)21-9-11-8-12(17)4-5-14(11)25-15(18)19/h4-8,15H,3,9-10H2,1-2H3,(H2,20,21,22). The Morgan fingerprint density at radius 2 is 2.16 bits per heavy atom. The van der Waals surface area contributed by atoms with Gasteiger partial charge >= 0.3 is 6.61 Å². The van der Waals surface area contributed by atoms with Crippen molar-refractivity contribution in [3.05, 3.63) is 46.2 Å². The summed E-state index contributed by atoms with van der Waals surface area (Å²) in [5.74, 6) is 0.691. The van der Waals surface area contributed by atoms with Gasteiger partial charge in [0.1, 0.15) is 5.75 Å². The second-order valence-corrected chi connectivity index (χ2v) is 6.04. The van der Waals surface area contributed by atoms with Crippen molar-refractivity contribution >= 4 is 21.9 Å². The largest absolute Gasteiger partial charge is 0.434 e. The van der Waals surface area contributed by atoms with Gasteiger partial charge in [-0.2, -0.15) is 13.9 Å². The van der Waals surface area contributed by atoms with Gasteiger partial charge in [-0.3, -0.25) is 4.68 Å². The average Bonchev–Trinajstić information content (AvgIpc) is 2.97. The highest BCUT2D eigenvalue weighted by molar-refractivity contribution is 9.10. The zero-order chi connectivity index (χ0) is 18.2. The van der Waals surface area contributed by atoms with Gasteiger partial charge in [0.25, 0.3) is 0 Å². The molecule has 0 bridgehead atoms. The number of aliphatic imine (C=N–C) groups is 1. The summed E-state index contributed by atoms with van der Waals surface area (Å²) in [6, 6.07) is 6.76. The van der Waals surface area contributed by atoms with Crippen LogP contribution in [0.2, 0.25) is 0 Å². The lowest BCUT2D eigenvalue weighted by Crippen LogP contribution is -2.37. The molecule has 6 nitrogen and oxygen atoms in total. The lowest BCUT2D eigenvalue weighted by Gasteiger charge is -2.13. The molecule has 2 N–H and O–H groups in total. The van der Waals surface area contributed by atoms with Crippen LogP contribution in [0.25, 0.3) is 0 Å². The molecule has 0 radical (unpaired) electrons. The lowest BCUT2D eigenvalue weighted by atomic mass is 10.2. The predicted octanol–water partition coefficient (Wildman–Crippen LogP) is 3.04. The van der Waals surface area contributed by atoms with Crippen molar-refractivity contribution in [3.63, 3.8) is 0 Å². The van der Waals surface area contributed by atoms with Crippen LogP contribution < -0.4 is 15.4 Å². The Morgan fingerprint density at radius 3 is 2.80 bits per heavy atom. The SMILES string of the molecule is CCNC(=NCc1cc(Br)ccc1OC(F)F)NCc1ccnn1C. The molecule has 0 fully saturated rings. The summed E-state index contributed by atoms with van der Waals surface area (Å²) >= 11 is 3.33. The summed E-state index contributed by atoms with van der Waals surface area (Å²) in [5.41, 5.74) is 1.56. The Labute approximate surface area is 153 Å². The van der Waals surface area contributed by atoms with Gasteiger partial charge in [-0.15, -0.1) is 0 Å². The van der Waals surface area contributed by atoms with Gasteiger partial charge in [0, 0.05) is 29.8 Å². The second-order valence-electron chi connectivity index (χ2n) is 5.13. The van der Waals surface area contributed by atoms with Crippen LogP contribution in [0.1, 0.15) is 18.2 Å². The fourth-order valence-corrected chi connectivity index (χ4v) is 2.55. The van der Waals surface area contributed by atoms with E-state index in [4.69, 9.17) is 0 Å². The fourth-order valence-electron chi connectivity index (χ4n) is 2.14. The van der Waals surface area contributed by atoms with Crippen LogP contribution in [-0.4, -0.2) is 28.9 Å². The van der Waals surface area contributed by atoms with E-state index in [9.17, 15) is 8.78 Å². The maximum absolute atomic E-state index is 12.5. The number of aryl methyl sites for hydroxylation is 1. The van der Waals surface area contributed by atoms with Gasteiger partial charge in [-0.25, -0.2) is 4.99 Å². The minimum Gasteiger partial charge on any atom is -0.434 e. The average molecular weight is 416 g/mol. The minimum absolute atomic E-state index is 0.115. The van der Waals surface area contributed by atoms with E-state index in [0.717, 1.165) is 10.2 Å². The summed E-state index contributed by atoms with van der Waals surface area (Å²) in [6.45, 7) is 0.491. The van der Waals surface area contributed by atoms with Gasteiger partial charge in [-0.05, 0) is 31.2 Å². The Hall–Kier alpha value is -2.16. The normalized spacial score (nSPS) is 11.7. The molecule has 2 rings (SSSR count). The Morgan fingerprint density at radius 1 is 1.36 bits per heavy atom. The third kappa shape index (κ3) is 6.00. The van der Waals surface area contributed by atoms with Crippen LogP contribution in [0, 0.1) is 0 Å². The van der Waals surface area contributed by atoms with Crippen molar-refractivity contribution in [2.24, 2.45) is 12.0 Å². The van der Waals surface area contributed by atoms with Gasteiger partial charge in [-0.1, -0.05) is 15.9 Å². The molecule has 1 aromatic carbocycles. The molecular weight excluding hydrogens is 396 g/mol. The molecule has 0 spiro atoms. The van der Waals surface area contributed by atoms with Crippen molar-refractivity contribution in [1.82, 2.24) is 20.4 Å². The first-order valence-electron chi connectivity index (χ1n) is 7.72. The van der Waals surface area contributed by atoms with Crippen LogP contribution in [0.15, 0.2) is 39.9 Å². The highest BCUT2D eigenvalue weighted by Gasteiger charge is 2.10. The molecule has 0 aliphatic heterocycles. The van der Waals surface area contributed by atoms with E-state index in [1.165, 1.54) is 6.07 Å². The van der Waals surface area contributed by atoms with Crippen molar-refractivity contribution in [2.75, 3.05) is 6.54 Å². The Balaban J connectivity index is 2.09. The summed E-state index contributed by atoms with van der Waals surface area (Å²) in [6.07, 6.45) is 1.72. The lowest BCUT2D eigenvalue weighted by molar-refractivity contribution is -0.0504. The van der Waals surface area contributed by atoms with Crippen LogP contribution >= 0.6 is 15.9 Å². The van der Waals surface area contributed by atoms with E-state index >= 15 is 0 Å². The summed E-state index contributed by atoms with van der Waals surface area (Å²) in [7, 11) is 1.86. The minimum atomic E-state index is -2.87. The van der Waals surface area contributed by atoms with Crippen LogP contribution in [-0.2, 0) is 20.1 Å². The number of nitrogens with one attached hydrogen (secondary N) is 2. The molecule has 0 unspecified atom stereocenters. The third-order valence-electron chi connectivity index (χ3n) is 3.35. The number of halogens is 3. The highest BCUT2D eigenvalue weighted by atomic mass is 79.9. The number of alkyl halides is 2. The predicted molar refractivity (Wildman–Crippen MR) is 95.6 cm³/mol. The Bertz CT molecular complexity index is 720. The maximum Gasteiger partial charge on any atom is 0.387 e. The van der Waals surface area contributed by atoms with E-state index in [0.29, 0.717) is 24.6 Å². The monoisotopic (exact) mass is 415 g/mol. The molecule has 1 heterocycles. The third-order valence-corrected chi connectivity index (χ3v) is 3.84. The summed E-state index contributed by atoms with van der Waals surface area (Å²) in [4.78, 5) is 4.44. The molecule has 9 heteroatoms. The van der Waals surface area contributed by atoms with Crippen LogP contribution in [0.5, 0.6) is 5.75 Å². The van der Waals surface area contributed by atoms with Crippen molar-refractivity contribution < 1.29 is 13.5 Å². The number of ether oxygens (including phenoxy) is 1. The molecule has 0 aliphatic rings. The smallest absolute Gasteiger partial charge is 0.387 e. The van der Waals surface area contributed by atoms with E-state index in [1.807, 2.05) is 20.0 Å². The van der Waals surface area contributed by atoms with E-state index in [1.54, 1.807) is 23.0 Å². The quantitative estimate of drug-likeness (QED) is 0.538. The first-order valence-corrected chi connectivity index (χ1v) is 8.51. The first kappa shape index (κ1) is 19.2.